The second-order valence-corrected chi connectivity index (χ2v) is 12.7. The van der Waals surface area contributed by atoms with Crippen LogP contribution >= 0.6 is 23.1 Å². The molecule has 6 nitrogen and oxygen atoms in total. The molecule has 1 aromatic heterocycles. The van der Waals surface area contributed by atoms with Crippen LogP contribution in [0.2, 0.25) is 0 Å². The SMILES string of the molecule is COc1cc([C@H]2c3sc(=O)[nH]c3SC3C4CCC(C4)C32)ccc1OCC(=O)Nc1cccc2ccccc12. The van der Waals surface area contributed by atoms with Crippen molar-refractivity contribution in [2.75, 3.05) is 19.0 Å². The summed E-state index contributed by atoms with van der Waals surface area (Å²) in [7, 11) is 1.62. The largest absolute Gasteiger partial charge is 0.493 e. The number of hydrogen-bond acceptors (Lipinski definition) is 6. The number of amides is 1. The van der Waals surface area contributed by atoms with Gasteiger partial charge < -0.3 is 19.8 Å². The summed E-state index contributed by atoms with van der Waals surface area (Å²) in [6, 6.07) is 19.8. The standard InChI is InChI=1S/C30H28N2O4S2/c1-35-23-14-18(26-25-17-9-10-19(13-17)27(25)37-29-28(26)38-30(34)32-29)11-12-22(23)36-15-24(33)31-21-8-4-6-16-5-2-3-7-20(16)21/h2-8,11-12,14,17,19,25-27H,9-10,13,15H2,1H3,(H,31,33)(H,32,34)/t17?,19?,25?,26-,27?/m1/s1. The zero-order chi connectivity index (χ0) is 25.8. The van der Waals surface area contributed by atoms with Gasteiger partial charge in [-0.3, -0.25) is 9.59 Å². The van der Waals surface area contributed by atoms with E-state index in [0.29, 0.717) is 28.6 Å². The maximum atomic E-state index is 12.8. The van der Waals surface area contributed by atoms with Crippen LogP contribution in [0.15, 0.2) is 70.5 Å². The van der Waals surface area contributed by atoms with Gasteiger partial charge in [0.15, 0.2) is 18.1 Å². The summed E-state index contributed by atoms with van der Waals surface area (Å²) in [5.41, 5.74) is 1.91. The van der Waals surface area contributed by atoms with Gasteiger partial charge in [-0.05, 0) is 66.2 Å². The number of carbonyl (C=O) groups excluding carboxylic acids is 1. The van der Waals surface area contributed by atoms with Crippen LogP contribution in [-0.4, -0.2) is 29.9 Å². The van der Waals surface area contributed by atoms with Crippen molar-refractivity contribution in [2.45, 2.75) is 35.5 Å². The first-order chi connectivity index (χ1) is 18.6. The minimum Gasteiger partial charge on any atom is -0.493 e. The molecule has 0 spiro atoms. The molecule has 2 bridgehead atoms. The monoisotopic (exact) mass is 544 g/mol. The molecule has 2 aliphatic carbocycles. The van der Waals surface area contributed by atoms with Gasteiger partial charge in [0.05, 0.1) is 12.1 Å². The molecule has 3 aromatic carbocycles. The summed E-state index contributed by atoms with van der Waals surface area (Å²) >= 11 is 3.24. The summed E-state index contributed by atoms with van der Waals surface area (Å²) in [4.78, 5) is 29.4. The number of fused-ring (bicyclic) bond motifs is 7. The smallest absolute Gasteiger partial charge is 0.305 e. The molecule has 194 valence electrons. The molecule has 2 N–H and O–H groups in total. The molecular formula is C30H28N2O4S2. The Kier molecular flexibility index (Phi) is 5.97. The molecule has 38 heavy (non-hydrogen) atoms. The lowest BCUT2D eigenvalue weighted by Crippen LogP contribution is -2.33. The van der Waals surface area contributed by atoms with E-state index in [1.807, 2.05) is 66.4 Å². The number of benzene rings is 3. The minimum atomic E-state index is -0.233. The van der Waals surface area contributed by atoms with Crippen molar-refractivity contribution in [2.24, 2.45) is 17.8 Å². The predicted octanol–water partition coefficient (Wildman–Crippen LogP) is 6.27. The number of ether oxygens (including phenoxy) is 2. The fourth-order valence-electron chi connectivity index (χ4n) is 6.88. The first-order valence-electron chi connectivity index (χ1n) is 13.1. The Morgan fingerprint density at radius 2 is 1.89 bits per heavy atom. The first-order valence-corrected chi connectivity index (χ1v) is 14.8. The van der Waals surface area contributed by atoms with Crippen LogP contribution in [0.1, 0.15) is 35.6 Å². The van der Waals surface area contributed by atoms with Crippen molar-refractivity contribution in [1.82, 2.24) is 4.98 Å². The Labute approximate surface area is 228 Å². The van der Waals surface area contributed by atoms with Crippen LogP contribution in [0, 0.1) is 17.8 Å². The number of nitrogens with one attached hydrogen (secondary N) is 2. The summed E-state index contributed by atoms with van der Waals surface area (Å²) < 4.78 is 11.7. The van der Waals surface area contributed by atoms with Crippen molar-refractivity contribution in [1.29, 1.82) is 0 Å². The van der Waals surface area contributed by atoms with Gasteiger partial charge in [-0.1, -0.05) is 53.8 Å². The molecule has 0 saturated heterocycles. The van der Waals surface area contributed by atoms with Gasteiger partial charge in [0.25, 0.3) is 5.91 Å². The third-order valence-corrected chi connectivity index (χ3v) is 11.1. The van der Waals surface area contributed by atoms with Gasteiger partial charge in [-0.2, -0.15) is 0 Å². The number of aromatic nitrogens is 1. The van der Waals surface area contributed by atoms with E-state index in [0.717, 1.165) is 37.8 Å². The third kappa shape index (κ3) is 4.01. The molecule has 4 unspecified atom stereocenters. The van der Waals surface area contributed by atoms with Gasteiger partial charge in [-0.15, -0.1) is 11.8 Å². The minimum absolute atomic E-state index is 0.0175. The molecule has 2 fully saturated rings. The van der Waals surface area contributed by atoms with Crippen LogP contribution in [0.3, 0.4) is 0 Å². The molecule has 0 radical (unpaired) electrons. The Balaban J connectivity index is 1.13. The predicted molar refractivity (Wildman–Crippen MR) is 152 cm³/mol. The van der Waals surface area contributed by atoms with E-state index in [-0.39, 0.29) is 23.3 Å². The normalized spacial score (nSPS) is 25.1. The zero-order valence-corrected chi connectivity index (χ0v) is 22.6. The van der Waals surface area contributed by atoms with E-state index in [2.05, 4.69) is 16.4 Å². The number of rotatable bonds is 6. The second-order valence-electron chi connectivity index (χ2n) is 10.5. The summed E-state index contributed by atoms with van der Waals surface area (Å²) in [5.74, 6) is 3.03. The number of carbonyl (C=O) groups is 1. The van der Waals surface area contributed by atoms with Gasteiger partial charge in [0.1, 0.15) is 0 Å². The van der Waals surface area contributed by atoms with Crippen LogP contribution in [0.5, 0.6) is 11.5 Å². The molecule has 1 amide bonds. The average Bonchev–Trinajstić information content (AvgIpc) is 3.65. The molecule has 2 heterocycles. The van der Waals surface area contributed by atoms with E-state index in [4.69, 9.17) is 9.47 Å². The van der Waals surface area contributed by atoms with Crippen molar-refractivity contribution < 1.29 is 14.3 Å². The highest BCUT2D eigenvalue weighted by molar-refractivity contribution is 8.00. The molecule has 7 rings (SSSR count). The van der Waals surface area contributed by atoms with Crippen molar-refractivity contribution in [3.63, 3.8) is 0 Å². The van der Waals surface area contributed by atoms with Crippen LogP contribution in [-0.2, 0) is 4.79 Å². The van der Waals surface area contributed by atoms with E-state index < -0.39 is 0 Å². The van der Waals surface area contributed by atoms with Crippen LogP contribution in [0.4, 0.5) is 5.69 Å². The van der Waals surface area contributed by atoms with Crippen LogP contribution < -0.4 is 19.7 Å². The van der Waals surface area contributed by atoms with Gasteiger partial charge in [-0.25, -0.2) is 0 Å². The maximum Gasteiger partial charge on any atom is 0.305 e. The average molecular weight is 545 g/mol. The number of H-pyrrole nitrogens is 1. The van der Waals surface area contributed by atoms with E-state index in [1.54, 1.807) is 7.11 Å². The highest BCUT2D eigenvalue weighted by Crippen LogP contribution is 2.63. The van der Waals surface area contributed by atoms with Gasteiger partial charge in [0, 0.05) is 27.1 Å². The lowest BCUT2D eigenvalue weighted by molar-refractivity contribution is -0.118. The van der Waals surface area contributed by atoms with Crippen LogP contribution in [0.25, 0.3) is 10.8 Å². The molecule has 5 atom stereocenters. The third-order valence-electron chi connectivity index (χ3n) is 8.43. The lowest BCUT2D eigenvalue weighted by Gasteiger charge is -2.40. The Hall–Kier alpha value is -3.23. The summed E-state index contributed by atoms with van der Waals surface area (Å²) in [6.07, 6.45) is 3.87. The van der Waals surface area contributed by atoms with Crippen molar-refractivity contribution in [3.8, 4) is 11.5 Å². The van der Waals surface area contributed by atoms with Crippen molar-refractivity contribution in [3.05, 3.63) is 80.8 Å². The van der Waals surface area contributed by atoms with E-state index >= 15 is 0 Å². The van der Waals surface area contributed by atoms with Gasteiger partial charge >= 0.3 is 4.87 Å². The molecule has 2 saturated carbocycles. The molecule has 4 aromatic rings. The fraction of sp³-hybridized carbons (Fsp3) is 0.333. The quantitative estimate of drug-likeness (QED) is 0.299. The molecule has 1 aliphatic heterocycles. The lowest BCUT2D eigenvalue weighted by atomic mass is 9.75. The van der Waals surface area contributed by atoms with Crippen molar-refractivity contribution >= 4 is 45.5 Å². The molecular weight excluding hydrogens is 516 g/mol. The highest BCUT2D eigenvalue weighted by atomic mass is 32.2. The highest BCUT2D eigenvalue weighted by Gasteiger charge is 2.54. The number of thioether (sulfide) groups is 1. The Morgan fingerprint density at radius 1 is 1.05 bits per heavy atom. The molecule has 3 aliphatic rings. The van der Waals surface area contributed by atoms with Gasteiger partial charge in [0.2, 0.25) is 0 Å². The Morgan fingerprint density at radius 3 is 2.79 bits per heavy atom. The first kappa shape index (κ1) is 23.9. The summed E-state index contributed by atoms with van der Waals surface area (Å²) in [5, 5.41) is 6.62. The maximum absolute atomic E-state index is 12.8. The fourth-order valence-corrected chi connectivity index (χ4v) is 9.78. The molecule has 8 heteroatoms. The number of thiazole rings is 1. The second kappa shape index (κ2) is 9.50. The number of hydrogen-bond donors (Lipinski definition) is 2. The Bertz CT molecular complexity index is 1590. The van der Waals surface area contributed by atoms with E-state index in [1.165, 1.54) is 30.6 Å². The number of anilines is 1. The number of methoxy groups -OCH3 is 1. The zero-order valence-electron chi connectivity index (χ0n) is 20.9. The summed E-state index contributed by atoms with van der Waals surface area (Å²) in [6.45, 7) is -0.128. The number of aromatic amines is 1. The van der Waals surface area contributed by atoms with E-state index in [9.17, 15) is 9.59 Å². The topological polar surface area (TPSA) is 80.4 Å².